The lowest BCUT2D eigenvalue weighted by atomic mass is 10.0. The molecule has 5 heteroatoms. The van der Waals surface area contributed by atoms with Crippen molar-refractivity contribution in [3.63, 3.8) is 0 Å². The fourth-order valence-electron chi connectivity index (χ4n) is 1.94. The van der Waals surface area contributed by atoms with Crippen LogP contribution >= 0.6 is 23.2 Å². The molecular formula is C16H14Cl2O3. The minimum absolute atomic E-state index is 0.253. The first-order valence-electron chi connectivity index (χ1n) is 6.43. The van der Waals surface area contributed by atoms with Crippen LogP contribution in [0.5, 0.6) is 5.75 Å². The summed E-state index contributed by atoms with van der Waals surface area (Å²) in [6.07, 6.45) is 1.61. The van der Waals surface area contributed by atoms with Crippen molar-refractivity contribution in [2.45, 2.75) is 12.8 Å². The number of benzene rings is 2. The van der Waals surface area contributed by atoms with Crippen molar-refractivity contribution in [1.29, 1.82) is 0 Å². The van der Waals surface area contributed by atoms with Crippen LogP contribution < -0.4 is 4.74 Å². The molecule has 0 saturated carbocycles. The first kappa shape index (κ1) is 15.7. The second-order valence-corrected chi connectivity index (χ2v) is 5.27. The molecule has 3 nitrogen and oxygen atoms in total. The highest BCUT2D eigenvalue weighted by Gasteiger charge is 2.12. The van der Waals surface area contributed by atoms with E-state index in [0.717, 1.165) is 18.4 Å². The summed E-state index contributed by atoms with van der Waals surface area (Å²) in [5.41, 5.74) is 2.13. The molecule has 0 unspecified atom stereocenters. The number of hydrogen-bond donors (Lipinski definition) is 1. The summed E-state index contributed by atoms with van der Waals surface area (Å²) in [4.78, 5) is 10.5. The smallest absolute Gasteiger partial charge is 0.341 e. The Balaban J connectivity index is 2.07. The molecular weight excluding hydrogens is 311 g/mol. The van der Waals surface area contributed by atoms with E-state index in [-0.39, 0.29) is 10.8 Å². The molecule has 2 rings (SSSR count). The van der Waals surface area contributed by atoms with E-state index in [0.29, 0.717) is 5.02 Å². The van der Waals surface area contributed by atoms with Crippen molar-refractivity contribution in [3.8, 4) is 5.75 Å². The molecule has 0 spiro atoms. The molecule has 110 valence electrons. The topological polar surface area (TPSA) is 46.5 Å². The van der Waals surface area contributed by atoms with E-state index < -0.39 is 12.6 Å². The molecule has 1 N–H and O–H groups in total. The van der Waals surface area contributed by atoms with E-state index in [9.17, 15) is 4.79 Å². The number of aliphatic carboxylic acids is 1. The Bertz CT molecular complexity index is 627. The van der Waals surface area contributed by atoms with Crippen LogP contribution in [0.3, 0.4) is 0 Å². The third-order valence-corrected chi connectivity index (χ3v) is 3.91. The van der Waals surface area contributed by atoms with Crippen molar-refractivity contribution < 1.29 is 14.6 Å². The number of carboxylic acid groups (broad SMARTS) is 1. The van der Waals surface area contributed by atoms with E-state index >= 15 is 0 Å². The monoisotopic (exact) mass is 324 g/mol. The number of halogens is 2. The first-order valence-corrected chi connectivity index (χ1v) is 7.19. The van der Waals surface area contributed by atoms with E-state index in [1.54, 1.807) is 6.07 Å². The Morgan fingerprint density at radius 1 is 1.00 bits per heavy atom. The summed E-state index contributed by atoms with van der Waals surface area (Å²) in [5.74, 6) is -0.775. The van der Waals surface area contributed by atoms with E-state index in [2.05, 4.69) is 12.1 Å². The number of ether oxygens (including phenoxy) is 1. The maximum atomic E-state index is 10.5. The van der Waals surface area contributed by atoms with Gasteiger partial charge in [-0.2, -0.15) is 0 Å². The SMILES string of the molecule is O=C(O)COc1ccc(CCc2ccccc2)c(Cl)c1Cl. The third kappa shape index (κ3) is 4.38. The number of rotatable bonds is 6. The van der Waals surface area contributed by atoms with Gasteiger partial charge in [0.25, 0.3) is 0 Å². The van der Waals surface area contributed by atoms with Gasteiger partial charge in [0.15, 0.2) is 6.61 Å². The molecule has 21 heavy (non-hydrogen) atoms. The van der Waals surface area contributed by atoms with Gasteiger partial charge in [0.05, 0.1) is 5.02 Å². The van der Waals surface area contributed by atoms with Gasteiger partial charge >= 0.3 is 5.97 Å². The summed E-state index contributed by atoms with van der Waals surface area (Å²) >= 11 is 12.3. The average Bonchev–Trinajstić information content (AvgIpc) is 2.48. The molecule has 0 fully saturated rings. The van der Waals surface area contributed by atoms with Gasteiger partial charge in [-0.05, 0) is 30.0 Å². The molecule has 0 aliphatic carbocycles. The fraction of sp³-hybridized carbons (Fsp3) is 0.188. The summed E-state index contributed by atoms with van der Waals surface area (Å²) in [6, 6.07) is 13.5. The van der Waals surface area contributed by atoms with Gasteiger partial charge in [-0.1, -0.05) is 59.6 Å². The quantitative estimate of drug-likeness (QED) is 0.864. The van der Waals surface area contributed by atoms with Gasteiger partial charge < -0.3 is 9.84 Å². The lowest BCUT2D eigenvalue weighted by Gasteiger charge is -2.11. The van der Waals surface area contributed by atoms with Gasteiger partial charge in [-0.25, -0.2) is 4.79 Å². The molecule has 0 aliphatic rings. The van der Waals surface area contributed by atoms with Crippen molar-refractivity contribution in [1.82, 2.24) is 0 Å². The van der Waals surface area contributed by atoms with Crippen molar-refractivity contribution in [2.24, 2.45) is 0 Å². The zero-order valence-electron chi connectivity index (χ0n) is 11.2. The van der Waals surface area contributed by atoms with Gasteiger partial charge in [-0.15, -0.1) is 0 Å². The molecule has 0 amide bonds. The Morgan fingerprint density at radius 3 is 2.38 bits per heavy atom. The van der Waals surface area contributed by atoms with Crippen LogP contribution in [0.4, 0.5) is 0 Å². The highest BCUT2D eigenvalue weighted by Crippen LogP contribution is 2.35. The Morgan fingerprint density at radius 2 is 1.71 bits per heavy atom. The van der Waals surface area contributed by atoms with E-state index in [4.69, 9.17) is 33.0 Å². The second-order valence-electron chi connectivity index (χ2n) is 4.52. The maximum absolute atomic E-state index is 10.5. The highest BCUT2D eigenvalue weighted by atomic mass is 35.5. The van der Waals surface area contributed by atoms with Crippen LogP contribution in [-0.2, 0) is 17.6 Å². The minimum Gasteiger partial charge on any atom is -0.480 e. The zero-order chi connectivity index (χ0) is 15.2. The van der Waals surface area contributed by atoms with E-state index in [1.807, 2.05) is 24.3 Å². The minimum atomic E-state index is -1.06. The summed E-state index contributed by atoms with van der Waals surface area (Å²) in [7, 11) is 0. The summed E-state index contributed by atoms with van der Waals surface area (Å²) in [6.45, 7) is -0.445. The highest BCUT2D eigenvalue weighted by molar-refractivity contribution is 6.43. The molecule has 0 bridgehead atoms. The normalized spacial score (nSPS) is 10.4. The van der Waals surface area contributed by atoms with Crippen LogP contribution in [0.15, 0.2) is 42.5 Å². The van der Waals surface area contributed by atoms with Crippen LogP contribution in [0.1, 0.15) is 11.1 Å². The molecule has 0 atom stereocenters. The predicted octanol–water partition coefficient (Wildman–Crippen LogP) is 4.24. The number of aryl methyl sites for hydroxylation is 2. The standard InChI is InChI=1S/C16H14Cl2O3/c17-15-12(7-6-11-4-2-1-3-5-11)8-9-13(16(15)18)21-10-14(19)20/h1-5,8-9H,6-7,10H2,(H,19,20). The lowest BCUT2D eigenvalue weighted by Crippen LogP contribution is -2.09. The predicted molar refractivity (Wildman–Crippen MR) is 83.4 cm³/mol. The maximum Gasteiger partial charge on any atom is 0.341 e. The molecule has 0 aromatic heterocycles. The molecule has 0 aliphatic heterocycles. The molecule has 2 aromatic carbocycles. The van der Waals surface area contributed by atoms with Crippen LogP contribution in [0, 0.1) is 0 Å². The first-order chi connectivity index (χ1) is 10.1. The van der Waals surface area contributed by atoms with Gasteiger partial charge in [0, 0.05) is 0 Å². The van der Waals surface area contributed by atoms with Crippen molar-refractivity contribution in [3.05, 3.63) is 63.6 Å². The largest absolute Gasteiger partial charge is 0.480 e. The summed E-state index contributed by atoms with van der Waals surface area (Å²) < 4.78 is 5.08. The van der Waals surface area contributed by atoms with Crippen LogP contribution in [0.2, 0.25) is 10.0 Å². The number of carboxylic acids is 1. The van der Waals surface area contributed by atoms with E-state index in [1.165, 1.54) is 5.56 Å². The summed E-state index contributed by atoms with van der Waals surface area (Å²) in [5, 5.41) is 9.26. The Kier molecular flexibility index (Phi) is 5.48. The van der Waals surface area contributed by atoms with Gasteiger partial charge in [0.1, 0.15) is 10.8 Å². The van der Waals surface area contributed by atoms with Crippen LogP contribution in [-0.4, -0.2) is 17.7 Å². The Hall–Kier alpha value is -1.71. The fourth-order valence-corrected chi connectivity index (χ4v) is 2.43. The van der Waals surface area contributed by atoms with Gasteiger partial charge in [-0.3, -0.25) is 0 Å². The average molecular weight is 325 g/mol. The van der Waals surface area contributed by atoms with Crippen molar-refractivity contribution in [2.75, 3.05) is 6.61 Å². The second kappa shape index (κ2) is 7.34. The molecule has 2 aromatic rings. The third-order valence-electron chi connectivity index (χ3n) is 3.00. The number of carbonyl (C=O) groups is 1. The van der Waals surface area contributed by atoms with Crippen molar-refractivity contribution >= 4 is 29.2 Å². The molecule has 0 saturated heterocycles. The zero-order valence-corrected chi connectivity index (χ0v) is 12.7. The lowest BCUT2D eigenvalue weighted by molar-refractivity contribution is -0.139. The molecule has 0 radical (unpaired) electrons. The number of hydrogen-bond acceptors (Lipinski definition) is 2. The van der Waals surface area contributed by atoms with Crippen LogP contribution in [0.25, 0.3) is 0 Å². The Labute approximate surface area is 133 Å². The van der Waals surface area contributed by atoms with Gasteiger partial charge in [0.2, 0.25) is 0 Å². The molecule has 0 heterocycles.